The minimum Gasteiger partial charge on any atom is -0.361 e. The Balaban J connectivity index is 1.47. The van der Waals surface area contributed by atoms with Gasteiger partial charge in [-0.25, -0.2) is 23.7 Å². The van der Waals surface area contributed by atoms with Crippen molar-refractivity contribution >= 4 is 39.7 Å². The van der Waals surface area contributed by atoms with Crippen LogP contribution in [0.2, 0.25) is 0 Å². The lowest BCUT2D eigenvalue weighted by Crippen LogP contribution is -2.47. The van der Waals surface area contributed by atoms with Crippen LogP contribution in [0.5, 0.6) is 0 Å². The van der Waals surface area contributed by atoms with Crippen LogP contribution in [-0.4, -0.2) is 53.6 Å². The number of carbonyl (C=O) groups excluding carboxylic acids is 1. The number of halogens is 2. The van der Waals surface area contributed by atoms with E-state index in [0.717, 1.165) is 37.8 Å². The van der Waals surface area contributed by atoms with Crippen molar-refractivity contribution in [3.63, 3.8) is 0 Å². The first-order chi connectivity index (χ1) is 16.8. The molecule has 5 rings (SSSR count). The average molecular weight is 500 g/mol. The lowest BCUT2D eigenvalue weighted by Gasteiger charge is -2.38. The minimum absolute atomic E-state index is 0.0521. The minimum atomic E-state index is -0.684. The smallest absolute Gasteiger partial charge is 0.246 e. The van der Waals surface area contributed by atoms with E-state index in [4.69, 9.17) is 0 Å². The molecular formula is C24H27F2N7OS. The molecule has 2 aliphatic rings. The zero-order chi connectivity index (χ0) is 24.7. The van der Waals surface area contributed by atoms with Crippen molar-refractivity contribution in [2.75, 3.05) is 41.8 Å². The Labute approximate surface area is 206 Å². The van der Waals surface area contributed by atoms with Crippen molar-refractivity contribution in [3.05, 3.63) is 41.0 Å². The van der Waals surface area contributed by atoms with Crippen molar-refractivity contribution in [1.29, 1.82) is 0 Å². The Bertz CT molecular complexity index is 1260. The van der Waals surface area contributed by atoms with Gasteiger partial charge in [0.25, 0.3) is 0 Å². The zero-order valence-electron chi connectivity index (χ0n) is 19.8. The van der Waals surface area contributed by atoms with Gasteiger partial charge in [0.05, 0.1) is 29.8 Å². The molecule has 3 aromatic rings. The Morgan fingerprint density at radius 1 is 1.17 bits per heavy atom. The molecule has 4 heterocycles. The molecule has 1 fully saturated rings. The number of benzene rings is 1. The third-order valence-corrected chi connectivity index (χ3v) is 7.13. The second-order valence-electron chi connectivity index (χ2n) is 9.16. The summed E-state index contributed by atoms with van der Waals surface area (Å²) in [6, 6.07) is 2.67. The van der Waals surface area contributed by atoms with Crippen LogP contribution in [0.4, 0.5) is 31.2 Å². The highest BCUT2D eigenvalue weighted by Crippen LogP contribution is 2.40. The molecule has 2 aliphatic heterocycles. The largest absolute Gasteiger partial charge is 0.361 e. The molecule has 1 aromatic carbocycles. The van der Waals surface area contributed by atoms with Crippen LogP contribution in [-0.2, 0) is 4.79 Å². The summed E-state index contributed by atoms with van der Waals surface area (Å²) in [5.41, 5.74) is 1.91. The summed E-state index contributed by atoms with van der Waals surface area (Å²) in [6.45, 7) is 5.74. The number of amides is 1. The molecule has 0 aliphatic carbocycles. The number of nitrogens with zero attached hydrogens (tertiary/aromatic N) is 5. The monoisotopic (exact) mass is 499 g/mol. The standard InChI is InChI=1S/C24H27F2N7OS/c1-13(2)33-19-9-15(8-16(25)22(19)32(3)11-20(33)34)21-17(26)10-28-23(30-21)31-24-29-18(12-35-24)14-4-6-27-7-5-14/h8-10,12-14,27H,4-7,11H2,1-3H3,(H,28,29,30,31). The molecule has 1 amide bonds. The molecule has 1 saturated heterocycles. The van der Waals surface area contributed by atoms with E-state index in [1.807, 2.05) is 19.2 Å². The highest BCUT2D eigenvalue weighted by Gasteiger charge is 2.32. The molecule has 35 heavy (non-hydrogen) atoms. The number of aromatic nitrogens is 3. The number of nitrogens with one attached hydrogen (secondary N) is 2. The molecule has 2 N–H and O–H groups in total. The van der Waals surface area contributed by atoms with E-state index in [-0.39, 0.29) is 35.7 Å². The zero-order valence-corrected chi connectivity index (χ0v) is 20.6. The summed E-state index contributed by atoms with van der Waals surface area (Å²) in [7, 11) is 1.66. The first-order valence-electron chi connectivity index (χ1n) is 11.6. The van der Waals surface area contributed by atoms with Gasteiger partial charge in [-0.15, -0.1) is 11.3 Å². The predicted octanol–water partition coefficient (Wildman–Crippen LogP) is 4.28. The number of carbonyl (C=O) groups is 1. The molecule has 11 heteroatoms. The van der Waals surface area contributed by atoms with E-state index in [9.17, 15) is 9.18 Å². The Morgan fingerprint density at radius 3 is 2.69 bits per heavy atom. The molecule has 0 atom stereocenters. The van der Waals surface area contributed by atoms with Gasteiger partial charge in [0, 0.05) is 30.0 Å². The number of fused-ring (bicyclic) bond motifs is 1. The summed E-state index contributed by atoms with van der Waals surface area (Å²) < 4.78 is 30.0. The fourth-order valence-corrected chi connectivity index (χ4v) is 5.50. The summed E-state index contributed by atoms with van der Waals surface area (Å²) >= 11 is 1.44. The van der Waals surface area contributed by atoms with Crippen LogP contribution in [0.1, 0.15) is 38.3 Å². The van der Waals surface area contributed by atoms with Gasteiger partial charge < -0.3 is 20.4 Å². The molecule has 0 unspecified atom stereocenters. The van der Waals surface area contributed by atoms with Crippen molar-refractivity contribution < 1.29 is 13.6 Å². The van der Waals surface area contributed by atoms with Crippen LogP contribution in [0.3, 0.4) is 0 Å². The number of hydrogen-bond acceptors (Lipinski definition) is 8. The fourth-order valence-electron chi connectivity index (χ4n) is 4.72. The maximum Gasteiger partial charge on any atom is 0.246 e. The van der Waals surface area contributed by atoms with Crippen LogP contribution in [0.25, 0.3) is 11.3 Å². The normalized spacial score (nSPS) is 16.7. The van der Waals surface area contributed by atoms with E-state index in [1.54, 1.807) is 18.0 Å². The SMILES string of the molecule is CC(C)N1C(=O)CN(C)c2c(F)cc(-c3nc(Nc4nc(C5CCNCC5)cs4)ncc3F)cc21. The van der Waals surface area contributed by atoms with Gasteiger partial charge in [0.15, 0.2) is 10.9 Å². The van der Waals surface area contributed by atoms with Crippen LogP contribution < -0.4 is 20.4 Å². The van der Waals surface area contributed by atoms with E-state index >= 15 is 4.39 Å². The highest BCUT2D eigenvalue weighted by molar-refractivity contribution is 7.13. The molecule has 0 bridgehead atoms. The molecule has 8 nitrogen and oxygen atoms in total. The quantitative estimate of drug-likeness (QED) is 0.542. The number of anilines is 4. The summed E-state index contributed by atoms with van der Waals surface area (Å²) in [5, 5.41) is 9.04. The lowest BCUT2D eigenvalue weighted by molar-refractivity contribution is -0.117. The van der Waals surface area contributed by atoms with Crippen molar-refractivity contribution in [2.45, 2.75) is 38.6 Å². The van der Waals surface area contributed by atoms with Gasteiger partial charge in [0.2, 0.25) is 11.9 Å². The van der Waals surface area contributed by atoms with Crippen LogP contribution in [0, 0.1) is 11.6 Å². The van der Waals surface area contributed by atoms with Crippen molar-refractivity contribution in [3.8, 4) is 11.3 Å². The van der Waals surface area contributed by atoms with Crippen LogP contribution >= 0.6 is 11.3 Å². The predicted molar refractivity (Wildman–Crippen MR) is 134 cm³/mol. The first kappa shape index (κ1) is 23.6. The van der Waals surface area contributed by atoms with E-state index in [2.05, 4.69) is 25.6 Å². The van der Waals surface area contributed by atoms with Crippen molar-refractivity contribution in [2.24, 2.45) is 0 Å². The summed E-state index contributed by atoms with van der Waals surface area (Å²) in [4.78, 5) is 28.8. The molecule has 0 spiro atoms. The van der Waals surface area contributed by atoms with Crippen LogP contribution in [0.15, 0.2) is 23.7 Å². The number of rotatable bonds is 5. The Hall–Kier alpha value is -3.18. The van der Waals surface area contributed by atoms with Gasteiger partial charge >= 0.3 is 0 Å². The number of thiazole rings is 1. The molecule has 0 saturated carbocycles. The van der Waals surface area contributed by atoms with E-state index in [0.29, 0.717) is 22.4 Å². The van der Waals surface area contributed by atoms with Gasteiger partial charge in [-0.2, -0.15) is 0 Å². The number of hydrogen-bond donors (Lipinski definition) is 2. The first-order valence-corrected chi connectivity index (χ1v) is 12.5. The second kappa shape index (κ2) is 9.46. The lowest BCUT2D eigenvalue weighted by atomic mass is 9.96. The number of likely N-dealkylation sites (N-methyl/N-ethyl adjacent to an activating group) is 1. The fraction of sp³-hybridized carbons (Fsp3) is 0.417. The Kier molecular flexibility index (Phi) is 6.37. The topological polar surface area (TPSA) is 86.3 Å². The van der Waals surface area contributed by atoms with Gasteiger partial charge in [0.1, 0.15) is 11.5 Å². The summed E-state index contributed by atoms with van der Waals surface area (Å²) in [6.07, 6.45) is 3.13. The third-order valence-electron chi connectivity index (χ3n) is 6.36. The van der Waals surface area contributed by atoms with Gasteiger partial charge in [-0.3, -0.25) is 4.79 Å². The highest BCUT2D eigenvalue weighted by atomic mass is 32.1. The van der Waals surface area contributed by atoms with E-state index in [1.165, 1.54) is 22.3 Å². The average Bonchev–Trinajstić information content (AvgIpc) is 3.28. The van der Waals surface area contributed by atoms with Crippen molar-refractivity contribution in [1.82, 2.24) is 20.3 Å². The second-order valence-corrected chi connectivity index (χ2v) is 10.0. The van der Waals surface area contributed by atoms with E-state index < -0.39 is 11.6 Å². The molecule has 0 radical (unpaired) electrons. The Morgan fingerprint density at radius 2 is 1.94 bits per heavy atom. The molecule has 184 valence electrons. The van der Waals surface area contributed by atoms with Gasteiger partial charge in [-0.1, -0.05) is 0 Å². The third kappa shape index (κ3) is 4.57. The summed E-state index contributed by atoms with van der Waals surface area (Å²) in [5.74, 6) is -0.797. The molecular weight excluding hydrogens is 472 g/mol. The maximum absolute atomic E-state index is 15.2. The van der Waals surface area contributed by atoms with Gasteiger partial charge in [-0.05, 0) is 51.9 Å². The molecule has 2 aromatic heterocycles. The number of piperidine rings is 1. The maximum atomic E-state index is 15.2.